The molecule has 0 saturated heterocycles. The zero-order valence-corrected chi connectivity index (χ0v) is 11.6. The maximum atomic E-state index is 11.5. The number of hydrogen-bond donors (Lipinski definition) is 4. The van der Waals surface area contributed by atoms with Gasteiger partial charge in [0, 0.05) is 12.3 Å². The molecular weight excluding hydrogens is 276 g/mol. The topological polar surface area (TPSA) is 115 Å². The van der Waals surface area contributed by atoms with Crippen LogP contribution in [0.1, 0.15) is 17.5 Å². The van der Waals surface area contributed by atoms with Crippen molar-refractivity contribution in [2.75, 3.05) is 0 Å². The lowest BCUT2D eigenvalue weighted by Gasteiger charge is -2.41. The van der Waals surface area contributed by atoms with E-state index in [1.165, 1.54) is 0 Å². The number of aliphatic hydroxyl groups is 3. The molecule has 6 heteroatoms. The first-order chi connectivity index (χ1) is 9.75. The van der Waals surface area contributed by atoms with Crippen molar-refractivity contribution < 1.29 is 30.0 Å². The lowest BCUT2D eigenvalue weighted by Crippen LogP contribution is -2.61. The van der Waals surface area contributed by atoms with Crippen molar-refractivity contribution in [3.05, 3.63) is 35.4 Å². The summed E-state index contributed by atoms with van der Waals surface area (Å²) in [7, 11) is 0. The SMILES string of the molecule is Cc1ccc(C[C@@H]2[C@@H](O)[C@H](O)C(=O)C[C@]2(O)C(=O)O)cc1. The van der Waals surface area contributed by atoms with Crippen LogP contribution in [0.15, 0.2) is 24.3 Å². The van der Waals surface area contributed by atoms with Gasteiger partial charge >= 0.3 is 5.97 Å². The average Bonchev–Trinajstić information content (AvgIpc) is 2.43. The Bertz CT molecular complexity index is 552. The van der Waals surface area contributed by atoms with Gasteiger partial charge in [0.15, 0.2) is 11.4 Å². The summed E-state index contributed by atoms with van der Waals surface area (Å²) in [5, 5.41) is 39.2. The Balaban J connectivity index is 2.33. The van der Waals surface area contributed by atoms with E-state index in [2.05, 4.69) is 0 Å². The molecular formula is C15H18O6. The summed E-state index contributed by atoms with van der Waals surface area (Å²) in [6.45, 7) is 1.90. The first kappa shape index (κ1) is 15.6. The van der Waals surface area contributed by atoms with Gasteiger partial charge in [-0.05, 0) is 18.9 Å². The van der Waals surface area contributed by atoms with Crippen LogP contribution in [0.4, 0.5) is 0 Å². The van der Waals surface area contributed by atoms with Gasteiger partial charge in [0.05, 0.1) is 6.10 Å². The highest BCUT2D eigenvalue weighted by atomic mass is 16.4. The highest BCUT2D eigenvalue weighted by Gasteiger charge is 2.55. The van der Waals surface area contributed by atoms with Gasteiger partial charge in [-0.25, -0.2) is 4.79 Å². The maximum absolute atomic E-state index is 11.5. The molecule has 1 saturated carbocycles. The minimum atomic E-state index is -2.37. The van der Waals surface area contributed by atoms with E-state index in [-0.39, 0.29) is 6.42 Å². The second-order valence-corrected chi connectivity index (χ2v) is 5.60. The zero-order valence-electron chi connectivity index (χ0n) is 11.6. The number of carboxylic acid groups (broad SMARTS) is 1. The van der Waals surface area contributed by atoms with Gasteiger partial charge < -0.3 is 20.4 Å². The summed E-state index contributed by atoms with van der Waals surface area (Å²) >= 11 is 0. The minimum Gasteiger partial charge on any atom is -0.479 e. The molecule has 0 heterocycles. The van der Waals surface area contributed by atoms with E-state index in [1.807, 2.05) is 19.1 Å². The summed E-state index contributed by atoms with van der Waals surface area (Å²) in [6, 6.07) is 7.16. The molecule has 1 aliphatic rings. The van der Waals surface area contributed by atoms with Crippen LogP contribution in [0.3, 0.4) is 0 Å². The number of carbonyl (C=O) groups excluding carboxylic acids is 1. The lowest BCUT2D eigenvalue weighted by atomic mass is 9.69. The van der Waals surface area contributed by atoms with Crippen LogP contribution < -0.4 is 0 Å². The maximum Gasteiger partial charge on any atom is 0.336 e. The Kier molecular flexibility index (Phi) is 4.13. The van der Waals surface area contributed by atoms with Gasteiger partial charge in [-0.15, -0.1) is 0 Å². The number of aliphatic carboxylic acids is 1. The van der Waals surface area contributed by atoms with Crippen LogP contribution in [0.5, 0.6) is 0 Å². The molecule has 114 valence electrons. The van der Waals surface area contributed by atoms with Crippen molar-refractivity contribution in [3.8, 4) is 0 Å². The predicted octanol–water partition coefficient (Wildman–Crippen LogP) is -0.336. The van der Waals surface area contributed by atoms with E-state index in [9.17, 15) is 30.0 Å². The summed E-state index contributed by atoms with van der Waals surface area (Å²) in [5.41, 5.74) is -0.641. The van der Waals surface area contributed by atoms with E-state index < -0.39 is 41.9 Å². The van der Waals surface area contributed by atoms with E-state index in [4.69, 9.17) is 0 Å². The van der Waals surface area contributed by atoms with Gasteiger partial charge in [-0.3, -0.25) is 4.79 Å². The molecule has 4 atom stereocenters. The molecule has 0 radical (unpaired) electrons. The predicted molar refractivity (Wildman–Crippen MR) is 72.6 cm³/mol. The van der Waals surface area contributed by atoms with E-state index in [0.717, 1.165) is 5.56 Å². The van der Waals surface area contributed by atoms with Crippen LogP contribution >= 0.6 is 0 Å². The number of carboxylic acids is 1. The Morgan fingerprint density at radius 2 is 1.86 bits per heavy atom. The third-order valence-corrected chi connectivity index (χ3v) is 4.07. The molecule has 0 aliphatic heterocycles. The third-order valence-electron chi connectivity index (χ3n) is 4.07. The fourth-order valence-corrected chi connectivity index (χ4v) is 2.70. The molecule has 0 spiro atoms. The Hall–Kier alpha value is -1.76. The number of aryl methyl sites for hydroxylation is 1. The number of hydrogen-bond acceptors (Lipinski definition) is 5. The van der Waals surface area contributed by atoms with Crippen LogP contribution in [0, 0.1) is 12.8 Å². The first-order valence-electron chi connectivity index (χ1n) is 6.66. The van der Waals surface area contributed by atoms with Gasteiger partial charge in [-0.2, -0.15) is 0 Å². The minimum absolute atomic E-state index is 0.0502. The number of rotatable bonds is 3. The molecule has 4 N–H and O–H groups in total. The van der Waals surface area contributed by atoms with Crippen molar-refractivity contribution in [3.63, 3.8) is 0 Å². The summed E-state index contributed by atoms with van der Waals surface area (Å²) in [6.07, 6.45) is -3.94. The quantitative estimate of drug-likeness (QED) is 0.606. The highest BCUT2D eigenvalue weighted by Crippen LogP contribution is 2.35. The van der Waals surface area contributed by atoms with Crippen molar-refractivity contribution >= 4 is 11.8 Å². The zero-order chi connectivity index (χ0) is 15.8. The van der Waals surface area contributed by atoms with Crippen molar-refractivity contribution in [2.45, 2.75) is 37.6 Å². The number of Topliss-reactive ketones (excluding diaryl/α,β-unsaturated/α-hetero) is 1. The van der Waals surface area contributed by atoms with E-state index >= 15 is 0 Å². The molecule has 21 heavy (non-hydrogen) atoms. The second kappa shape index (κ2) is 5.55. The lowest BCUT2D eigenvalue weighted by molar-refractivity contribution is -0.190. The smallest absolute Gasteiger partial charge is 0.336 e. The Labute approximate surface area is 121 Å². The molecule has 1 fully saturated rings. The monoisotopic (exact) mass is 294 g/mol. The molecule has 0 bridgehead atoms. The van der Waals surface area contributed by atoms with Crippen LogP contribution in [0.2, 0.25) is 0 Å². The molecule has 2 rings (SSSR count). The highest BCUT2D eigenvalue weighted by molar-refractivity contribution is 5.92. The second-order valence-electron chi connectivity index (χ2n) is 5.60. The summed E-state index contributed by atoms with van der Waals surface area (Å²) in [4.78, 5) is 22.9. The van der Waals surface area contributed by atoms with Gasteiger partial charge in [0.1, 0.15) is 6.10 Å². The first-order valence-corrected chi connectivity index (χ1v) is 6.66. The van der Waals surface area contributed by atoms with Gasteiger partial charge in [0.25, 0.3) is 0 Å². The van der Waals surface area contributed by atoms with Crippen LogP contribution in [-0.2, 0) is 16.0 Å². The number of benzene rings is 1. The average molecular weight is 294 g/mol. The van der Waals surface area contributed by atoms with Crippen molar-refractivity contribution in [1.82, 2.24) is 0 Å². The fraction of sp³-hybridized carbons (Fsp3) is 0.467. The van der Waals surface area contributed by atoms with Crippen LogP contribution in [-0.4, -0.2) is 50.0 Å². The molecule has 6 nitrogen and oxygen atoms in total. The van der Waals surface area contributed by atoms with E-state index in [1.54, 1.807) is 12.1 Å². The largest absolute Gasteiger partial charge is 0.479 e. The standard InChI is InChI=1S/C15H18O6/c1-8-2-4-9(5-3-8)6-10-12(17)13(18)11(16)7-15(10,21)14(19)20/h2-5,10,12-13,17-18,21H,6-7H2,1H3,(H,19,20)/t10-,12-,13-,15-/m1/s1. The van der Waals surface area contributed by atoms with Gasteiger partial charge in [0.2, 0.25) is 0 Å². The third kappa shape index (κ3) is 2.83. The molecule has 1 aromatic rings. The fourth-order valence-electron chi connectivity index (χ4n) is 2.70. The molecule has 0 amide bonds. The number of carbonyl (C=O) groups is 2. The molecule has 1 aliphatic carbocycles. The number of aliphatic hydroxyl groups excluding tert-OH is 2. The summed E-state index contributed by atoms with van der Waals surface area (Å²) in [5.74, 6) is -3.60. The van der Waals surface area contributed by atoms with Gasteiger partial charge in [-0.1, -0.05) is 29.8 Å². The van der Waals surface area contributed by atoms with Crippen molar-refractivity contribution in [1.29, 1.82) is 0 Å². The number of ketones is 1. The molecule has 0 unspecified atom stereocenters. The molecule has 0 aromatic heterocycles. The Morgan fingerprint density at radius 3 is 2.38 bits per heavy atom. The van der Waals surface area contributed by atoms with E-state index in [0.29, 0.717) is 5.56 Å². The van der Waals surface area contributed by atoms with Crippen molar-refractivity contribution in [2.24, 2.45) is 5.92 Å². The Morgan fingerprint density at radius 1 is 1.29 bits per heavy atom. The van der Waals surface area contributed by atoms with Crippen LogP contribution in [0.25, 0.3) is 0 Å². The normalized spacial score (nSPS) is 33.0. The molecule has 1 aromatic carbocycles. The summed E-state index contributed by atoms with van der Waals surface area (Å²) < 4.78 is 0.